The maximum atomic E-state index is 12.9. The molecule has 0 bridgehead atoms. The van der Waals surface area contributed by atoms with Gasteiger partial charge < -0.3 is 10.4 Å². The summed E-state index contributed by atoms with van der Waals surface area (Å²) in [7, 11) is 0. The van der Waals surface area contributed by atoms with Crippen molar-refractivity contribution in [2.45, 2.75) is 26.2 Å². The van der Waals surface area contributed by atoms with Crippen molar-refractivity contribution in [1.82, 2.24) is 5.32 Å². The summed E-state index contributed by atoms with van der Waals surface area (Å²) < 4.78 is 12.9. The Morgan fingerprint density at radius 2 is 2.11 bits per heavy atom. The van der Waals surface area contributed by atoms with E-state index in [9.17, 15) is 14.0 Å². The molecule has 0 heterocycles. The maximum absolute atomic E-state index is 12.9. The highest BCUT2D eigenvalue weighted by Gasteiger charge is 2.56. The van der Waals surface area contributed by atoms with Crippen LogP contribution in [0.5, 0.6) is 0 Å². The van der Waals surface area contributed by atoms with Crippen LogP contribution in [0.15, 0.2) is 18.2 Å². The van der Waals surface area contributed by atoms with Crippen molar-refractivity contribution >= 4 is 11.9 Å². The summed E-state index contributed by atoms with van der Waals surface area (Å²) in [5.41, 5.74) is 0.577. The summed E-state index contributed by atoms with van der Waals surface area (Å²) in [6.45, 7) is 2.17. The molecular weight excluding hydrogens is 249 g/mol. The summed E-state index contributed by atoms with van der Waals surface area (Å²) in [5.74, 6) is -1.75. The van der Waals surface area contributed by atoms with Crippen LogP contribution in [0.3, 0.4) is 0 Å². The van der Waals surface area contributed by atoms with Gasteiger partial charge in [-0.15, -0.1) is 0 Å². The van der Waals surface area contributed by atoms with Crippen LogP contribution in [0.4, 0.5) is 4.39 Å². The first-order valence-electron chi connectivity index (χ1n) is 6.22. The minimum atomic E-state index is -1.20. The minimum absolute atomic E-state index is 0.284. The number of rotatable bonds is 5. The van der Waals surface area contributed by atoms with Crippen LogP contribution in [0.25, 0.3) is 0 Å². The van der Waals surface area contributed by atoms with Crippen LogP contribution in [-0.4, -0.2) is 23.5 Å². The fourth-order valence-electron chi connectivity index (χ4n) is 2.08. The Kier molecular flexibility index (Phi) is 3.55. The Balaban J connectivity index is 1.87. The number of halogens is 1. The molecule has 0 aliphatic heterocycles. The van der Waals surface area contributed by atoms with Crippen LogP contribution in [0, 0.1) is 18.2 Å². The molecule has 5 heteroatoms. The van der Waals surface area contributed by atoms with E-state index in [4.69, 9.17) is 5.11 Å². The molecule has 19 heavy (non-hydrogen) atoms. The summed E-state index contributed by atoms with van der Waals surface area (Å²) in [6.07, 6.45) is 1.38. The molecule has 1 amide bonds. The van der Waals surface area contributed by atoms with E-state index in [1.807, 2.05) is 0 Å². The van der Waals surface area contributed by atoms with Crippen molar-refractivity contribution in [2.75, 3.05) is 6.54 Å². The van der Waals surface area contributed by atoms with Crippen LogP contribution in [0.1, 0.15) is 24.0 Å². The van der Waals surface area contributed by atoms with Gasteiger partial charge in [-0.05, 0) is 49.4 Å². The third-order valence-electron chi connectivity index (χ3n) is 3.58. The number of carboxylic acids is 1. The van der Waals surface area contributed by atoms with E-state index in [1.54, 1.807) is 13.0 Å². The van der Waals surface area contributed by atoms with E-state index in [2.05, 4.69) is 5.32 Å². The van der Waals surface area contributed by atoms with E-state index < -0.39 is 17.3 Å². The van der Waals surface area contributed by atoms with Gasteiger partial charge in [-0.3, -0.25) is 9.59 Å². The van der Waals surface area contributed by atoms with Gasteiger partial charge in [0.1, 0.15) is 11.2 Å². The van der Waals surface area contributed by atoms with E-state index in [0.717, 1.165) is 11.1 Å². The Morgan fingerprint density at radius 3 is 2.63 bits per heavy atom. The molecule has 1 aromatic rings. The van der Waals surface area contributed by atoms with Gasteiger partial charge in [-0.25, -0.2) is 4.39 Å². The molecule has 2 rings (SSSR count). The van der Waals surface area contributed by atoms with E-state index in [-0.39, 0.29) is 5.82 Å². The smallest absolute Gasteiger partial charge is 0.319 e. The standard InChI is InChI=1S/C14H16FNO3/c1-9-8-11(15)3-2-10(9)4-7-16-12(17)14(5-6-14)13(18)19/h2-3,8H,4-7H2,1H3,(H,16,17)(H,18,19). The number of carboxylic acid groups (broad SMARTS) is 1. The highest BCUT2D eigenvalue weighted by atomic mass is 19.1. The Labute approximate surface area is 110 Å². The van der Waals surface area contributed by atoms with Gasteiger partial charge >= 0.3 is 5.97 Å². The topological polar surface area (TPSA) is 66.4 Å². The SMILES string of the molecule is Cc1cc(F)ccc1CCNC(=O)C1(C(=O)O)CC1. The van der Waals surface area contributed by atoms with Crippen molar-refractivity contribution in [3.8, 4) is 0 Å². The van der Waals surface area contributed by atoms with Crippen LogP contribution >= 0.6 is 0 Å². The lowest BCUT2D eigenvalue weighted by Crippen LogP contribution is -2.38. The van der Waals surface area contributed by atoms with Gasteiger partial charge in [0.25, 0.3) is 0 Å². The molecule has 1 aliphatic carbocycles. The van der Waals surface area contributed by atoms with Crippen LogP contribution in [-0.2, 0) is 16.0 Å². The first-order chi connectivity index (χ1) is 8.95. The second-order valence-corrected chi connectivity index (χ2v) is 4.96. The van der Waals surface area contributed by atoms with Crippen molar-refractivity contribution in [3.63, 3.8) is 0 Å². The van der Waals surface area contributed by atoms with E-state index in [0.29, 0.717) is 25.8 Å². The zero-order valence-electron chi connectivity index (χ0n) is 10.7. The number of nitrogens with one attached hydrogen (secondary N) is 1. The van der Waals surface area contributed by atoms with Gasteiger partial charge in [0.05, 0.1) is 0 Å². The summed E-state index contributed by atoms with van der Waals surface area (Å²) in [5, 5.41) is 11.6. The van der Waals surface area contributed by atoms with Crippen LogP contribution < -0.4 is 5.32 Å². The van der Waals surface area contributed by atoms with Crippen molar-refractivity contribution in [1.29, 1.82) is 0 Å². The second kappa shape index (κ2) is 4.99. The molecule has 0 aromatic heterocycles. The number of amides is 1. The predicted octanol–water partition coefficient (Wildman–Crippen LogP) is 1.66. The summed E-state index contributed by atoms with van der Waals surface area (Å²) >= 11 is 0. The van der Waals surface area contributed by atoms with Gasteiger partial charge in [0.2, 0.25) is 5.91 Å². The van der Waals surface area contributed by atoms with E-state index >= 15 is 0 Å². The number of aliphatic carboxylic acids is 1. The molecule has 102 valence electrons. The molecule has 0 spiro atoms. The van der Waals surface area contributed by atoms with Gasteiger partial charge in [0.15, 0.2) is 0 Å². The molecule has 1 aliphatic rings. The second-order valence-electron chi connectivity index (χ2n) is 4.96. The summed E-state index contributed by atoms with van der Waals surface area (Å²) in [6, 6.07) is 4.50. The fourth-order valence-corrected chi connectivity index (χ4v) is 2.08. The number of hydrogen-bond donors (Lipinski definition) is 2. The largest absolute Gasteiger partial charge is 0.480 e. The van der Waals surface area contributed by atoms with Crippen molar-refractivity contribution < 1.29 is 19.1 Å². The van der Waals surface area contributed by atoms with Gasteiger partial charge in [0, 0.05) is 6.54 Å². The van der Waals surface area contributed by atoms with Crippen LogP contribution in [0.2, 0.25) is 0 Å². The first-order valence-corrected chi connectivity index (χ1v) is 6.22. The third-order valence-corrected chi connectivity index (χ3v) is 3.58. The fraction of sp³-hybridized carbons (Fsp3) is 0.429. The number of benzene rings is 1. The lowest BCUT2D eigenvalue weighted by molar-refractivity contribution is -0.149. The number of aryl methyl sites for hydroxylation is 1. The minimum Gasteiger partial charge on any atom is -0.480 e. The molecule has 4 nitrogen and oxygen atoms in total. The van der Waals surface area contributed by atoms with Gasteiger partial charge in [-0.1, -0.05) is 6.07 Å². The zero-order valence-corrected chi connectivity index (χ0v) is 10.7. The van der Waals surface area contributed by atoms with Crippen molar-refractivity contribution in [3.05, 3.63) is 35.1 Å². The normalized spacial score (nSPS) is 15.9. The molecule has 0 unspecified atom stereocenters. The van der Waals surface area contributed by atoms with Crippen molar-refractivity contribution in [2.24, 2.45) is 5.41 Å². The molecule has 2 N–H and O–H groups in total. The Bertz CT molecular complexity index is 523. The molecule has 0 atom stereocenters. The first kappa shape index (κ1) is 13.5. The highest BCUT2D eigenvalue weighted by molar-refractivity contribution is 6.04. The highest BCUT2D eigenvalue weighted by Crippen LogP contribution is 2.46. The van der Waals surface area contributed by atoms with E-state index in [1.165, 1.54) is 12.1 Å². The number of hydrogen-bond acceptors (Lipinski definition) is 2. The predicted molar refractivity (Wildman–Crippen MR) is 67.2 cm³/mol. The Hall–Kier alpha value is -1.91. The Morgan fingerprint density at radius 1 is 1.42 bits per heavy atom. The monoisotopic (exact) mass is 265 g/mol. The quantitative estimate of drug-likeness (QED) is 0.796. The number of carbonyl (C=O) groups excluding carboxylic acids is 1. The van der Waals surface area contributed by atoms with Gasteiger partial charge in [-0.2, -0.15) is 0 Å². The molecule has 1 saturated carbocycles. The maximum Gasteiger partial charge on any atom is 0.319 e. The molecular formula is C14H16FNO3. The lowest BCUT2D eigenvalue weighted by Gasteiger charge is -2.11. The zero-order chi connectivity index (χ0) is 14.0. The average molecular weight is 265 g/mol. The lowest BCUT2D eigenvalue weighted by atomic mass is 10.0. The summed E-state index contributed by atoms with van der Waals surface area (Å²) in [4.78, 5) is 22.7. The number of carbonyl (C=O) groups is 2. The molecule has 1 fully saturated rings. The molecule has 0 saturated heterocycles. The molecule has 1 aromatic carbocycles. The third kappa shape index (κ3) is 2.75. The average Bonchev–Trinajstić information content (AvgIpc) is 3.13. The molecule has 0 radical (unpaired) electrons.